The van der Waals surface area contributed by atoms with Crippen LogP contribution in [0.2, 0.25) is 5.02 Å². The monoisotopic (exact) mass is 497 g/mol. The summed E-state index contributed by atoms with van der Waals surface area (Å²) >= 11 is 5.78. The number of hydrogen-bond acceptors (Lipinski definition) is 5. The van der Waals surface area contributed by atoms with Crippen LogP contribution in [0.3, 0.4) is 0 Å². The molecule has 0 unspecified atom stereocenters. The lowest BCUT2D eigenvalue weighted by atomic mass is 9.76. The quantitative estimate of drug-likeness (QED) is 0.357. The molecule has 5 nitrogen and oxygen atoms in total. The highest BCUT2D eigenvalue weighted by atomic mass is 35.5. The van der Waals surface area contributed by atoms with Gasteiger partial charge in [0.25, 0.3) is 0 Å². The Morgan fingerprint density at radius 2 is 1.32 bits per heavy atom. The maximum absolute atomic E-state index is 15.3. The van der Waals surface area contributed by atoms with Crippen molar-refractivity contribution in [2.24, 2.45) is 0 Å². The van der Waals surface area contributed by atoms with Crippen LogP contribution in [0, 0.1) is 5.82 Å². The van der Waals surface area contributed by atoms with Crippen molar-refractivity contribution in [3.8, 4) is 11.5 Å². The van der Waals surface area contributed by atoms with Gasteiger partial charge in [-0.05, 0) is 46.9 Å². The first-order valence-electron chi connectivity index (χ1n) is 10.0. The first-order chi connectivity index (χ1) is 16.0. The summed E-state index contributed by atoms with van der Waals surface area (Å²) in [6.07, 6.45) is -5.09. The molecule has 180 valence electrons. The lowest BCUT2D eigenvalue weighted by Crippen LogP contribution is -2.38. The number of halogens is 5. The number of alkyl halides is 3. The molecule has 0 aliphatic heterocycles. The second-order valence-corrected chi connectivity index (χ2v) is 7.79. The average molecular weight is 498 g/mol. The van der Waals surface area contributed by atoms with Gasteiger partial charge in [-0.25, -0.2) is 4.39 Å². The zero-order chi connectivity index (χ0) is 25.0. The van der Waals surface area contributed by atoms with Gasteiger partial charge in [-0.3, -0.25) is 0 Å². The van der Waals surface area contributed by atoms with E-state index in [1.807, 2.05) is 0 Å². The first kappa shape index (κ1) is 25.7. The fraction of sp³-hybridized carbons (Fsp3) is 0.217. The van der Waals surface area contributed by atoms with Crippen LogP contribution in [0.5, 0.6) is 11.5 Å². The van der Waals surface area contributed by atoms with E-state index in [1.54, 1.807) is 48.5 Å². The number of hydrogen-bond donors (Lipinski definition) is 2. The van der Waals surface area contributed by atoms with Crippen molar-refractivity contribution in [3.63, 3.8) is 0 Å². The van der Waals surface area contributed by atoms with Gasteiger partial charge in [0, 0.05) is 13.1 Å². The lowest BCUT2D eigenvalue weighted by Gasteiger charge is -2.28. The normalized spacial score (nSPS) is 11.3. The van der Waals surface area contributed by atoms with Crippen LogP contribution in [0.4, 0.5) is 23.2 Å². The van der Waals surface area contributed by atoms with Crippen molar-refractivity contribution in [1.29, 1.82) is 0 Å². The van der Waals surface area contributed by atoms with Crippen LogP contribution in [0.1, 0.15) is 16.7 Å². The smallest absolute Gasteiger partial charge is 0.489 e. The van der Waals surface area contributed by atoms with Crippen molar-refractivity contribution in [1.82, 2.24) is 0 Å². The number of benzene rings is 3. The predicted molar refractivity (Wildman–Crippen MR) is 122 cm³/mol. The van der Waals surface area contributed by atoms with E-state index in [2.05, 4.69) is 0 Å². The van der Waals surface area contributed by atoms with Crippen molar-refractivity contribution in [3.05, 3.63) is 82.1 Å². The van der Waals surface area contributed by atoms with Crippen LogP contribution >= 0.6 is 11.6 Å². The van der Waals surface area contributed by atoms with Crippen LogP contribution in [0.15, 0.2) is 54.6 Å². The maximum atomic E-state index is 15.3. The van der Waals surface area contributed by atoms with Gasteiger partial charge in [-0.2, -0.15) is 13.2 Å². The second-order valence-electron chi connectivity index (χ2n) is 7.41. The Morgan fingerprint density at radius 1 is 0.882 bits per heavy atom. The van der Waals surface area contributed by atoms with E-state index < -0.39 is 35.2 Å². The fourth-order valence-electron chi connectivity index (χ4n) is 3.48. The minimum absolute atomic E-state index is 0.0790. The van der Waals surface area contributed by atoms with Crippen LogP contribution in [-0.2, 0) is 19.3 Å². The summed E-state index contributed by atoms with van der Waals surface area (Å²) in [7, 11) is 0.496. The van der Waals surface area contributed by atoms with Gasteiger partial charge >= 0.3 is 13.3 Å². The second kappa shape index (κ2) is 10.5. The number of rotatable bonds is 8. The standard InChI is InChI=1S/C23H21BClF4NO4/c1-33-16-7-3-14(4-8-16)12-30(13-15-5-9-17(34-2)10-6-15)19-11-18(24(31)32)20(23(27,28)29)21(25)22(19)26/h3-11,31-32H,12-13H2,1-2H3. The zero-order valence-corrected chi connectivity index (χ0v) is 19.0. The Labute approximate surface area is 199 Å². The van der Waals surface area contributed by atoms with Gasteiger partial charge in [0.05, 0.1) is 30.5 Å². The van der Waals surface area contributed by atoms with E-state index in [0.29, 0.717) is 22.6 Å². The number of anilines is 1. The van der Waals surface area contributed by atoms with Crippen LogP contribution in [0.25, 0.3) is 0 Å². The van der Waals surface area contributed by atoms with Gasteiger partial charge < -0.3 is 24.4 Å². The molecule has 0 heterocycles. The summed E-state index contributed by atoms with van der Waals surface area (Å²) in [4.78, 5) is 1.46. The molecule has 0 saturated heterocycles. The molecule has 3 aromatic rings. The molecule has 0 aliphatic rings. The third kappa shape index (κ3) is 5.75. The summed E-state index contributed by atoms with van der Waals surface area (Å²) in [5.74, 6) is -0.125. The molecule has 34 heavy (non-hydrogen) atoms. The Kier molecular flexibility index (Phi) is 7.96. The molecule has 3 rings (SSSR count). The fourth-order valence-corrected chi connectivity index (χ4v) is 3.80. The molecule has 0 spiro atoms. The van der Waals surface area contributed by atoms with E-state index in [-0.39, 0.29) is 18.8 Å². The van der Waals surface area contributed by atoms with Gasteiger partial charge in [-0.15, -0.1) is 0 Å². The van der Waals surface area contributed by atoms with E-state index in [4.69, 9.17) is 21.1 Å². The molecule has 0 fully saturated rings. The number of nitrogens with zero attached hydrogens (tertiary/aromatic N) is 1. The van der Waals surface area contributed by atoms with Crippen molar-refractivity contribution < 1.29 is 37.1 Å². The van der Waals surface area contributed by atoms with Crippen LogP contribution in [-0.4, -0.2) is 31.4 Å². The molecule has 11 heteroatoms. The zero-order valence-electron chi connectivity index (χ0n) is 18.2. The SMILES string of the molecule is COc1ccc(CN(Cc2ccc(OC)cc2)c2cc(B(O)O)c(C(F)(F)F)c(Cl)c2F)cc1. The van der Waals surface area contributed by atoms with E-state index in [9.17, 15) is 23.2 Å². The summed E-state index contributed by atoms with van der Waals surface area (Å²) in [6.45, 7) is 0.158. The minimum atomic E-state index is -5.09. The number of methoxy groups -OCH3 is 2. The molecule has 0 amide bonds. The largest absolute Gasteiger partial charge is 0.497 e. The molecule has 0 atom stereocenters. The highest BCUT2D eigenvalue weighted by molar-refractivity contribution is 6.60. The summed E-state index contributed by atoms with van der Waals surface area (Å²) in [5.41, 5.74) is -1.47. The molecule has 0 radical (unpaired) electrons. The minimum Gasteiger partial charge on any atom is -0.497 e. The molecule has 0 bridgehead atoms. The van der Waals surface area contributed by atoms with Crippen molar-refractivity contribution in [2.75, 3.05) is 19.1 Å². The van der Waals surface area contributed by atoms with Crippen LogP contribution < -0.4 is 19.8 Å². The molecule has 0 aromatic heterocycles. The Hall–Kier alpha value is -2.95. The Morgan fingerprint density at radius 3 is 1.68 bits per heavy atom. The molecule has 3 aromatic carbocycles. The predicted octanol–water partition coefficient (Wildman–Crippen LogP) is 4.40. The maximum Gasteiger partial charge on any atom is 0.489 e. The topological polar surface area (TPSA) is 62.2 Å². The summed E-state index contributed by atoms with van der Waals surface area (Å²) in [5, 5.41) is 18.0. The Bertz CT molecular complexity index is 1080. The molecular formula is C23H21BClF4NO4. The number of ether oxygens (including phenoxy) is 2. The third-order valence-electron chi connectivity index (χ3n) is 5.19. The molecule has 2 N–H and O–H groups in total. The Balaban J connectivity index is 2.11. The molecule has 0 aliphatic carbocycles. The first-order valence-corrected chi connectivity index (χ1v) is 10.4. The van der Waals surface area contributed by atoms with Crippen molar-refractivity contribution >= 4 is 29.9 Å². The summed E-state index contributed by atoms with van der Waals surface area (Å²) < 4.78 is 66.0. The van der Waals surface area contributed by atoms with E-state index >= 15 is 4.39 Å². The van der Waals surface area contributed by atoms with Gasteiger partial charge in [0.15, 0.2) is 5.82 Å². The highest BCUT2D eigenvalue weighted by Gasteiger charge is 2.41. The average Bonchev–Trinajstić information content (AvgIpc) is 2.80. The summed E-state index contributed by atoms with van der Waals surface area (Å²) in [6, 6.07) is 14.5. The van der Waals surface area contributed by atoms with Gasteiger partial charge in [0.1, 0.15) is 11.5 Å². The van der Waals surface area contributed by atoms with Gasteiger partial charge in [0.2, 0.25) is 0 Å². The lowest BCUT2D eigenvalue weighted by molar-refractivity contribution is -0.136. The van der Waals surface area contributed by atoms with Crippen molar-refractivity contribution in [2.45, 2.75) is 19.3 Å². The molecule has 0 saturated carbocycles. The van der Waals surface area contributed by atoms with E-state index in [0.717, 1.165) is 6.07 Å². The van der Waals surface area contributed by atoms with E-state index in [1.165, 1.54) is 19.1 Å². The molecular weight excluding hydrogens is 477 g/mol. The van der Waals surface area contributed by atoms with Gasteiger partial charge in [-0.1, -0.05) is 35.9 Å². The third-order valence-corrected chi connectivity index (χ3v) is 5.54. The highest BCUT2D eigenvalue weighted by Crippen LogP contribution is 2.39.